The van der Waals surface area contributed by atoms with Gasteiger partial charge >= 0.3 is 0 Å². The highest BCUT2D eigenvalue weighted by atomic mass is 32.2. The van der Waals surface area contributed by atoms with E-state index in [0.29, 0.717) is 0 Å². The van der Waals surface area contributed by atoms with Crippen LogP contribution in [0.15, 0.2) is 18.2 Å². The Balaban J connectivity index is 2.19. The van der Waals surface area contributed by atoms with Gasteiger partial charge in [-0.15, -0.1) is 0 Å². The van der Waals surface area contributed by atoms with Gasteiger partial charge in [-0.25, -0.2) is 12.8 Å². The van der Waals surface area contributed by atoms with E-state index in [9.17, 15) is 17.9 Å². The van der Waals surface area contributed by atoms with Crippen LogP contribution in [0.3, 0.4) is 0 Å². The molecule has 2 rings (SSSR count). The van der Waals surface area contributed by atoms with Crippen LogP contribution in [-0.4, -0.2) is 37.2 Å². The molecule has 2 unspecified atom stereocenters. The number of rotatable bonds is 2. The molecule has 6 heteroatoms. The molecule has 0 bridgehead atoms. The van der Waals surface area contributed by atoms with Gasteiger partial charge in [-0.05, 0) is 24.6 Å². The van der Waals surface area contributed by atoms with Gasteiger partial charge < -0.3 is 9.84 Å². The maximum absolute atomic E-state index is 13.4. The predicted molar refractivity (Wildman–Crippen MR) is 60.2 cm³/mol. The monoisotopic (exact) mass is 260 g/mol. The fourth-order valence-corrected chi connectivity index (χ4v) is 3.44. The summed E-state index contributed by atoms with van der Waals surface area (Å²) in [6.45, 7) is 1.77. The fraction of sp³-hybridized carbons (Fsp3) is 0.455. The van der Waals surface area contributed by atoms with Gasteiger partial charge in [0.05, 0.1) is 11.5 Å². The summed E-state index contributed by atoms with van der Waals surface area (Å²) in [7, 11) is -3.29. The minimum atomic E-state index is -3.29. The van der Waals surface area contributed by atoms with Crippen LogP contribution in [0, 0.1) is 12.7 Å². The molecule has 1 heterocycles. The van der Waals surface area contributed by atoms with E-state index in [4.69, 9.17) is 4.74 Å². The van der Waals surface area contributed by atoms with E-state index in [2.05, 4.69) is 0 Å². The zero-order valence-electron chi connectivity index (χ0n) is 9.26. The second-order valence-electron chi connectivity index (χ2n) is 4.23. The summed E-state index contributed by atoms with van der Waals surface area (Å²) in [5.74, 6) is -1.19. The van der Waals surface area contributed by atoms with Gasteiger partial charge in [0.15, 0.2) is 21.4 Å². The summed E-state index contributed by atoms with van der Waals surface area (Å²) >= 11 is 0. The molecule has 1 N–H and O–H groups in total. The average Bonchev–Trinajstić information content (AvgIpc) is 2.46. The maximum atomic E-state index is 13.4. The highest BCUT2D eigenvalue weighted by molar-refractivity contribution is 7.91. The maximum Gasteiger partial charge on any atom is 0.165 e. The molecule has 94 valence electrons. The van der Waals surface area contributed by atoms with Crippen molar-refractivity contribution < 1.29 is 22.7 Å². The highest BCUT2D eigenvalue weighted by Crippen LogP contribution is 2.24. The molecule has 1 aliphatic heterocycles. The van der Waals surface area contributed by atoms with Crippen molar-refractivity contribution in [2.45, 2.75) is 19.1 Å². The summed E-state index contributed by atoms with van der Waals surface area (Å²) in [6, 6.07) is 4.32. The number of ether oxygens (including phenoxy) is 1. The second-order valence-corrected chi connectivity index (χ2v) is 6.39. The Morgan fingerprint density at radius 1 is 1.41 bits per heavy atom. The van der Waals surface area contributed by atoms with Crippen LogP contribution in [0.5, 0.6) is 5.75 Å². The molecular formula is C11H13FO4S. The number of hydrogen-bond acceptors (Lipinski definition) is 4. The van der Waals surface area contributed by atoms with Gasteiger partial charge in [0.25, 0.3) is 0 Å². The molecule has 0 aliphatic carbocycles. The minimum absolute atomic E-state index is 0.0221. The summed E-state index contributed by atoms with van der Waals surface area (Å²) in [5, 5.41) is 9.52. The molecule has 1 aromatic rings. The number of aryl methyl sites for hydroxylation is 1. The van der Waals surface area contributed by atoms with Crippen molar-refractivity contribution >= 4 is 9.84 Å². The van der Waals surface area contributed by atoms with E-state index in [0.717, 1.165) is 5.56 Å². The van der Waals surface area contributed by atoms with E-state index in [-0.39, 0.29) is 17.3 Å². The van der Waals surface area contributed by atoms with Crippen LogP contribution in [0.1, 0.15) is 5.56 Å². The molecule has 0 amide bonds. The zero-order valence-corrected chi connectivity index (χ0v) is 10.1. The third kappa shape index (κ3) is 2.76. The van der Waals surface area contributed by atoms with E-state index in [1.165, 1.54) is 12.1 Å². The van der Waals surface area contributed by atoms with Crippen molar-refractivity contribution in [3.05, 3.63) is 29.6 Å². The molecular weight excluding hydrogens is 247 g/mol. The number of aliphatic hydroxyl groups excluding tert-OH is 1. The molecule has 4 nitrogen and oxygen atoms in total. The second kappa shape index (κ2) is 4.27. The van der Waals surface area contributed by atoms with Crippen LogP contribution >= 0.6 is 0 Å². The van der Waals surface area contributed by atoms with Gasteiger partial charge in [0.2, 0.25) is 0 Å². The third-order valence-corrected chi connectivity index (χ3v) is 4.32. The Labute approximate surface area is 98.9 Å². The molecule has 0 aromatic heterocycles. The first-order chi connectivity index (χ1) is 7.87. The first kappa shape index (κ1) is 12.3. The van der Waals surface area contributed by atoms with Crippen molar-refractivity contribution in [2.75, 3.05) is 11.5 Å². The Hall–Kier alpha value is -1.14. The van der Waals surface area contributed by atoms with Crippen LogP contribution in [0.2, 0.25) is 0 Å². The molecule has 1 fully saturated rings. The van der Waals surface area contributed by atoms with Gasteiger partial charge in [-0.1, -0.05) is 6.07 Å². The van der Waals surface area contributed by atoms with Gasteiger partial charge in [-0.2, -0.15) is 0 Å². The van der Waals surface area contributed by atoms with E-state index >= 15 is 0 Å². The van der Waals surface area contributed by atoms with Crippen molar-refractivity contribution in [2.24, 2.45) is 0 Å². The van der Waals surface area contributed by atoms with E-state index in [1.807, 2.05) is 0 Å². The molecule has 0 saturated carbocycles. The van der Waals surface area contributed by atoms with Crippen molar-refractivity contribution in [3.8, 4) is 5.75 Å². The van der Waals surface area contributed by atoms with Crippen molar-refractivity contribution in [1.82, 2.24) is 0 Å². The Kier molecular flexibility index (Phi) is 3.09. The molecule has 0 radical (unpaired) electrons. The molecule has 1 aliphatic rings. The number of hydrogen-bond donors (Lipinski definition) is 1. The Bertz CT molecular complexity index is 526. The largest absolute Gasteiger partial charge is 0.484 e. The van der Waals surface area contributed by atoms with Crippen LogP contribution in [0.25, 0.3) is 0 Å². The predicted octanol–water partition coefficient (Wildman–Crippen LogP) is 0.671. The number of benzene rings is 1. The third-order valence-electron chi connectivity index (χ3n) is 2.64. The smallest absolute Gasteiger partial charge is 0.165 e. The lowest BCUT2D eigenvalue weighted by Crippen LogP contribution is -2.30. The topological polar surface area (TPSA) is 63.6 Å². The number of sulfone groups is 1. The SMILES string of the molecule is Cc1ccc(F)c(OC2CS(=O)(=O)CC2O)c1. The summed E-state index contributed by atoms with van der Waals surface area (Å²) < 4.78 is 41.1. The van der Waals surface area contributed by atoms with E-state index < -0.39 is 27.9 Å². The van der Waals surface area contributed by atoms with Gasteiger partial charge in [0, 0.05) is 0 Å². The van der Waals surface area contributed by atoms with Crippen LogP contribution < -0.4 is 4.74 Å². The number of halogens is 1. The standard InChI is InChI=1S/C11H13FO4S/c1-7-2-3-8(12)10(4-7)16-11-6-17(14,15)5-9(11)13/h2-4,9,11,13H,5-6H2,1H3. The quantitative estimate of drug-likeness (QED) is 0.849. The fourth-order valence-electron chi connectivity index (χ4n) is 1.77. The Morgan fingerprint density at radius 2 is 2.12 bits per heavy atom. The number of aliphatic hydroxyl groups is 1. The minimum Gasteiger partial charge on any atom is -0.484 e. The lowest BCUT2D eigenvalue weighted by molar-refractivity contribution is 0.0710. The van der Waals surface area contributed by atoms with Crippen molar-refractivity contribution in [3.63, 3.8) is 0 Å². The lowest BCUT2D eigenvalue weighted by atomic mass is 10.2. The zero-order chi connectivity index (χ0) is 12.6. The van der Waals surface area contributed by atoms with Gasteiger partial charge in [-0.3, -0.25) is 0 Å². The highest BCUT2D eigenvalue weighted by Gasteiger charge is 2.38. The van der Waals surface area contributed by atoms with Crippen molar-refractivity contribution in [1.29, 1.82) is 0 Å². The normalized spacial score (nSPS) is 27.0. The molecule has 1 saturated heterocycles. The first-order valence-corrected chi connectivity index (χ1v) is 7.01. The van der Waals surface area contributed by atoms with Crippen LogP contribution in [0.4, 0.5) is 4.39 Å². The first-order valence-electron chi connectivity index (χ1n) is 5.19. The summed E-state index contributed by atoms with van der Waals surface area (Å²) in [4.78, 5) is 0. The molecule has 0 spiro atoms. The molecule has 1 aromatic carbocycles. The summed E-state index contributed by atoms with van der Waals surface area (Å²) in [6.07, 6.45) is -1.99. The lowest BCUT2D eigenvalue weighted by Gasteiger charge is -2.16. The molecule has 2 atom stereocenters. The summed E-state index contributed by atoms with van der Waals surface area (Å²) in [5.41, 5.74) is 0.803. The Morgan fingerprint density at radius 3 is 2.71 bits per heavy atom. The molecule has 17 heavy (non-hydrogen) atoms. The van der Waals surface area contributed by atoms with E-state index in [1.54, 1.807) is 13.0 Å². The van der Waals surface area contributed by atoms with Crippen LogP contribution in [-0.2, 0) is 9.84 Å². The van der Waals surface area contributed by atoms with Gasteiger partial charge in [0.1, 0.15) is 12.2 Å². The average molecular weight is 260 g/mol.